The third-order valence-corrected chi connectivity index (χ3v) is 5.80. The lowest BCUT2D eigenvalue weighted by Gasteiger charge is -2.26. The zero-order valence-corrected chi connectivity index (χ0v) is 20.2. The first-order chi connectivity index (χ1) is 15.9. The van der Waals surface area contributed by atoms with Crippen LogP contribution in [0.25, 0.3) is 0 Å². The van der Waals surface area contributed by atoms with Gasteiger partial charge in [-0.2, -0.15) is 0 Å². The SMILES string of the molecule is CCOC(=O)c1ccc(N(Cc2c(Cl)cccc2Cl)C(=S)NC(=O)Cc2ccccc2)cc1. The van der Waals surface area contributed by atoms with Crippen molar-refractivity contribution in [3.8, 4) is 0 Å². The van der Waals surface area contributed by atoms with E-state index < -0.39 is 5.97 Å². The van der Waals surface area contributed by atoms with Crippen LogP contribution in [-0.4, -0.2) is 23.6 Å². The normalized spacial score (nSPS) is 10.4. The van der Waals surface area contributed by atoms with Gasteiger partial charge in [-0.25, -0.2) is 4.79 Å². The molecule has 0 heterocycles. The summed E-state index contributed by atoms with van der Waals surface area (Å²) in [5.41, 5.74) is 2.60. The summed E-state index contributed by atoms with van der Waals surface area (Å²) < 4.78 is 5.04. The Morgan fingerprint density at radius 2 is 1.58 bits per heavy atom. The average Bonchev–Trinajstić information content (AvgIpc) is 2.80. The molecule has 0 fully saturated rings. The van der Waals surface area contributed by atoms with Gasteiger partial charge in [0.25, 0.3) is 0 Å². The highest BCUT2D eigenvalue weighted by Gasteiger charge is 2.19. The van der Waals surface area contributed by atoms with Gasteiger partial charge in [0.2, 0.25) is 5.91 Å². The van der Waals surface area contributed by atoms with Crippen LogP contribution < -0.4 is 10.2 Å². The van der Waals surface area contributed by atoms with Crippen molar-refractivity contribution in [2.45, 2.75) is 19.9 Å². The van der Waals surface area contributed by atoms with Gasteiger partial charge in [-0.15, -0.1) is 0 Å². The van der Waals surface area contributed by atoms with E-state index >= 15 is 0 Å². The van der Waals surface area contributed by atoms with Crippen LogP contribution in [0.15, 0.2) is 72.8 Å². The van der Waals surface area contributed by atoms with E-state index in [1.54, 1.807) is 54.3 Å². The molecule has 1 amide bonds. The lowest BCUT2D eigenvalue weighted by atomic mass is 10.1. The fourth-order valence-corrected chi connectivity index (χ4v) is 3.93. The molecule has 8 heteroatoms. The summed E-state index contributed by atoms with van der Waals surface area (Å²) in [6.07, 6.45) is 0.184. The molecule has 0 saturated heterocycles. The molecule has 0 spiro atoms. The van der Waals surface area contributed by atoms with Crippen LogP contribution in [0.5, 0.6) is 0 Å². The minimum absolute atomic E-state index is 0.184. The molecule has 0 aliphatic rings. The number of esters is 1. The Bertz CT molecular complexity index is 1120. The van der Waals surface area contributed by atoms with Crippen molar-refractivity contribution in [3.63, 3.8) is 0 Å². The van der Waals surface area contributed by atoms with Gasteiger partial charge in [-0.05, 0) is 61.1 Å². The van der Waals surface area contributed by atoms with Crippen LogP contribution in [0.2, 0.25) is 10.0 Å². The molecule has 1 N–H and O–H groups in total. The van der Waals surface area contributed by atoms with Gasteiger partial charge in [-0.1, -0.05) is 59.6 Å². The molecule has 0 atom stereocenters. The minimum atomic E-state index is -0.413. The van der Waals surface area contributed by atoms with E-state index in [0.29, 0.717) is 26.9 Å². The first-order valence-electron chi connectivity index (χ1n) is 10.2. The fraction of sp³-hybridized carbons (Fsp3) is 0.160. The van der Waals surface area contributed by atoms with E-state index in [2.05, 4.69) is 5.32 Å². The fourth-order valence-electron chi connectivity index (χ4n) is 3.13. The van der Waals surface area contributed by atoms with E-state index in [4.69, 9.17) is 40.2 Å². The maximum absolute atomic E-state index is 12.6. The molecule has 33 heavy (non-hydrogen) atoms. The molecule has 3 aromatic carbocycles. The van der Waals surface area contributed by atoms with Crippen LogP contribution in [0.1, 0.15) is 28.4 Å². The summed E-state index contributed by atoms with van der Waals surface area (Å²) in [4.78, 5) is 26.3. The van der Waals surface area contributed by atoms with Gasteiger partial charge in [0, 0.05) is 21.3 Å². The molecule has 3 rings (SSSR count). The van der Waals surface area contributed by atoms with Crippen molar-refractivity contribution >= 4 is 58.1 Å². The lowest BCUT2D eigenvalue weighted by molar-refractivity contribution is -0.119. The van der Waals surface area contributed by atoms with Crippen molar-refractivity contribution in [1.29, 1.82) is 0 Å². The standard InChI is InChI=1S/C25H22Cl2N2O3S/c1-2-32-24(31)18-11-13-19(14-12-18)29(16-20-21(26)9-6-10-22(20)27)25(33)28-23(30)15-17-7-4-3-5-8-17/h3-14H,2,15-16H2,1H3,(H,28,30,33). The molecule has 0 aromatic heterocycles. The molecule has 5 nitrogen and oxygen atoms in total. The van der Waals surface area contributed by atoms with Gasteiger partial charge in [0.1, 0.15) is 0 Å². The zero-order valence-electron chi connectivity index (χ0n) is 17.9. The first kappa shape index (κ1) is 24.7. The maximum Gasteiger partial charge on any atom is 0.338 e. The van der Waals surface area contributed by atoms with Gasteiger partial charge >= 0.3 is 5.97 Å². The number of carbonyl (C=O) groups is 2. The molecular formula is C25H22Cl2N2O3S. The average molecular weight is 501 g/mol. The summed E-state index contributed by atoms with van der Waals surface area (Å²) in [7, 11) is 0. The predicted molar refractivity (Wildman–Crippen MR) is 136 cm³/mol. The third kappa shape index (κ3) is 6.78. The molecular weight excluding hydrogens is 479 g/mol. The van der Waals surface area contributed by atoms with Crippen molar-refractivity contribution in [2.75, 3.05) is 11.5 Å². The second-order valence-electron chi connectivity index (χ2n) is 7.07. The van der Waals surface area contributed by atoms with Crippen LogP contribution >= 0.6 is 35.4 Å². The number of nitrogens with zero attached hydrogens (tertiary/aromatic N) is 1. The zero-order chi connectivity index (χ0) is 23.8. The number of amides is 1. The molecule has 170 valence electrons. The van der Waals surface area contributed by atoms with E-state index in [1.807, 2.05) is 30.3 Å². The quantitative estimate of drug-likeness (QED) is 0.327. The Kier molecular flexibility index (Phi) is 8.83. The highest BCUT2D eigenvalue weighted by atomic mass is 35.5. The van der Waals surface area contributed by atoms with Crippen LogP contribution in [0.3, 0.4) is 0 Å². The number of thiocarbonyl (C=S) groups is 1. The van der Waals surface area contributed by atoms with Crippen molar-refractivity contribution < 1.29 is 14.3 Å². The molecule has 0 unspecified atom stereocenters. The number of anilines is 1. The second-order valence-corrected chi connectivity index (χ2v) is 8.27. The van der Waals surface area contributed by atoms with Crippen molar-refractivity contribution in [1.82, 2.24) is 5.32 Å². The summed E-state index contributed by atoms with van der Waals surface area (Å²) in [6, 6.07) is 21.4. The summed E-state index contributed by atoms with van der Waals surface area (Å²) in [5, 5.41) is 3.94. The van der Waals surface area contributed by atoms with Gasteiger partial charge in [0.05, 0.1) is 25.1 Å². The second kappa shape index (κ2) is 11.8. The Morgan fingerprint density at radius 3 is 2.18 bits per heavy atom. The Hall–Kier alpha value is -2.93. The number of benzene rings is 3. The van der Waals surface area contributed by atoms with E-state index in [1.165, 1.54) is 0 Å². The predicted octanol–water partition coefficient (Wildman–Crippen LogP) is 5.82. The monoisotopic (exact) mass is 500 g/mol. The van der Waals surface area contributed by atoms with E-state index in [-0.39, 0.29) is 30.6 Å². The van der Waals surface area contributed by atoms with Crippen molar-refractivity contribution in [2.24, 2.45) is 0 Å². The van der Waals surface area contributed by atoms with Gasteiger partial charge in [-0.3, -0.25) is 4.79 Å². The smallest absolute Gasteiger partial charge is 0.338 e. The number of rotatable bonds is 7. The topological polar surface area (TPSA) is 58.6 Å². The van der Waals surface area contributed by atoms with E-state index in [0.717, 1.165) is 5.56 Å². The van der Waals surface area contributed by atoms with E-state index in [9.17, 15) is 9.59 Å². The van der Waals surface area contributed by atoms with Gasteiger partial charge in [0.15, 0.2) is 5.11 Å². The third-order valence-electron chi connectivity index (χ3n) is 4.77. The molecule has 0 aliphatic heterocycles. The largest absolute Gasteiger partial charge is 0.462 e. The van der Waals surface area contributed by atoms with Gasteiger partial charge < -0.3 is 15.0 Å². The summed E-state index contributed by atoms with van der Waals surface area (Å²) in [5.74, 6) is -0.659. The number of halogens is 2. The number of ether oxygens (including phenoxy) is 1. The molecule has 3 aromatic rings. The number of hydrogen-bond acceptors (Lipinski definition) is 4. The Morgan fingerprint density at radius 1 is 0.939 bits per heavy atom. The number of nitrogens with one attached hydrogen (secondary N) is 1. The van der Waals surface area contributed by atoms with Crippen LogP contribution in [-0.2, 0) is 22.5 Å². The molecule has 0 radical (unpaired) electrons. The first-order valence-corrected chi connectivity index (χ1v) is 11.4. The van der Waals surface area contributed by atoms with Crippen molar-refractivity contribution in [3.05, 3.63) is 99.5 Å². The highest BCUT2D eigenvalue weighted by Crippen LogP contribution is 2.28. The Labute approximate surface area is 208 Å². The molecule has 0 aliphatic carbocycles. The van der Waals surface area contributed by atoms with Crippen LogP contribution in [0, 0.1) is 0 Å². The summed E-state index contributed by atoms with van der Waals surface area (Å²) >= 11 is 18.3. The Balaban J connectivity index is 1.85. The number of hydrogen-bond donors (Lipinski definition) is 1. The van der Waals surface area contributed by atoms with Crippen LogP contribution in [0.4, 0.5) is 5.69 Å². The lowest BCUT2D eigenvalue weighted by Crippen LogP contribution is -2.43. The maximum atomic E-state index is 12.6. The summed E-state index contributed by atoms with van der Waals surface area (Å²) in [6.45, 7) is 2.26. The number of carbonyl (C=O) groups excluding carboxylic acids is 2. The molecule has 0 bridgehead atoms. The highest BCUT2D eigenvalue weighted by molar-refractivity contribution is 7.80. The molecule has 0 saturated carbocycles. The minimum Gasteiger partial charge on any atom is -0.462 e.